The molecule has 28 heavy (non-hydrogen) atoms. The Hall–Kier alpha value is -2.16. The summed E-state index contributed by atoms with van der Waals surface area (Å²) in [5.41, 5.74) is 4.26. The zero-order valence-corrected chi connectivity index (χ0v) is 18.8. The van der Waals surface area contributed by atoms with Crippen LogP contribution in [0.3, 0.4) is 0 Å². The number of aryl methyl sites for hydroxylation is 1. The maximum Gasteiger partial charge on any atom is 0.227 e. The Kier molecular flexibility index (Phi) is 8.69. The number of anilines is 1. The number of hydrogen-bond acceptors (Lipinski definition) is 3. The maximum atomic E-state index is 11.8. The van der Waals surface area contributed by atoms with E-state index in [-0.39, 0.29) is 29.9 Å². The first-order valence-corrected chi connectivity index (χ1v) is 9.49. The summed E-state index contributed by atoms with van der Waals surface area (Å²) in [5, 5.41) is 6.60. The number of amides is 1. The number of benzene rings is 1. The van der Waals surface area contributed by atoms with Crippen LogP contribution in [0.2, 0.25) is 0 Å². The minimum atomic E-state index is 0. The van der Waals surface area contributed by atoms with Gasteiger partial charge in [-0.2, -0.15) is 0 Å². The number of guanidine groups is 1. The number of hydrogen-bond donors (Lipinski definition) is 2. The molecule has 1 fully saturated rings. The Morgan fingerprint density at radius 1 is 1.21 bits per heavy atom. The summed E-state index contributed by atoms with van der Waals surface area (Å²) < 4.78 is 0. The molecule has 1 aromatic carbocycles. The number of nitrogens with zero attached hydrogens (tertiary/aromatic N) is 3. The van der Waals surface area contributed by atoms with Crippen LogP contribution in [-0.4, -0.2) is 29.9 Å². The first-order chi connectivity index (χ1) is 13.2. The van der Waals surface area contributed by atoms with Gasteiger partial charge in [0, 0.05) is 31.4 Å². The van der Waals surface area contributed by atoms with Gasteiger partial charge in [0.15, 0.2) is 5.96 Å². The van der Waals surface area contributed by atoms with E-state index in [1.54, 1.807) is 6.20 Å². The van der Waals surface area contributed by atoms with Gasteiger partial charge in [-0.1, -0.05) is 18.2 Å². The fourth-order valence-corrected chi connectivity index (χ4v) is 3.09. The van der Waals surface area contributed by atoms with E-state index in [0.717, 1.165) is 48.0 Å². The van der Waals surface area contributed by atoms with Crippen molar-refractivity contribution in [3.63, 3.8) is 0 Å². The lowest BCUT2D eigenvalue weighted by molar-refractivity contribution is -0.117. The summed E-state index contributed by atoms with van der Waals surface area (Å²) in [6.45, 7) is 6.92. The van der Waals surface area contributed by atoms with E-state index >= 15 is 0 Å². The fourth-order valence-electron chi connectivity index (χ4n) is 3.09. The molecule has 2 aromatic rings. The molecule has 0 unspecified atom stereocenters. The van der Waals surface area contributed by atoms with E-state index in [9.17, 15) is 4.79 Å². The summed E-state index contributed by atoms with van der Waals surface area (Å²) in [6.07, 6.45) is 3.40. The minimum absolute atomic E-state index is 0. The number of halogens is 1. The predicted molar refractivity (Wildman–Crippen MR) is 124 cm³/mol. The van der Waals surface area contributed by atoms with Crippen molar-refractivity contribution in [1.29, 1.82) is 0 Å². The molecule has 6 nitrogen and oxygen atoms in total. The monoisotopic (exact) mass is 493 g/mol. The van der Waals surface area contributed by atoms with Crippen molar-refractivity contribution >= 4 is 41.5 Å². The molecule has 2 N–H and O–H groups in total. The van der Waals surface area contributed by atoms with Crippen molar-refractivity contribution in [2.45, 2.75) is 39.8 Å². The Morgan fingerprint density at radius 3 is 2.64 bits per heavy atom. The molecule has 7 heteroatoms. The topological polar surface area (TPSA) is 69.6 Å². The summed E-state index contributed by atoms with van der Waals surface area (Å²) in [5.74, 6) is 0.977. The molecule has 3 rings (SSSR count). The Bertz CT molecular complexity index is 807. The third-order valence-corrected chi connectivity index (χ3v) is 4.63. The molecule has 0 bridgehead atoms. The van der Waals surface area contributed by atoms with Crippen molar-refractivity contribution < 1.29 is 4.79 Å². The van der Waals surface area contributed by atoms with E-state index in [1.807, 2.05) is 42.2 Å². The highest BCUT2D eigenvalue weighted by Gasteiger charge is 2.21. The lowest BCUT2D eigenvalue weighted by Gasteiger charge is -2.16. The largest absolute Gasteiger partial charge is 0.357 e. The Morgan fingerprint density at radius 2 is 2.00 bits per heavy atom. The number of rotatable bonds is 6. The molecular weight excluding hydrogens is 465 g/mol. The molecule has 0 spiro atoms. The van der Waals surface area contributed by atoms with E-state index in [4.69, 9.17) is 0 Å². The predicted octanol–water partition coefficient (Wildman–Crippen LogP) is 3.39. The average molecular weight is 493 g/mol. The van der Waals surface area contributed by atoms with E-state index in [2.05, 4.69) is 33.6 Å². The summed E-state index contributed by atoms with van der Waals surface area (Å²) in [6, 6.07) is 12.1. The van der Waals surface area contributed by atoms with Gasteiger partial charge in [0.05, 0.1) is 18.8 Å². The number of carbonyl (C=O) groups excluding carboxylic acids is 1. The van der Waals surface area contributed by atoms with Gasteiger partial charge in [0.2, 0.25) is 5.91 Å². The van der Waals surface area contributed by atoms with Gasteiger partial charge in [-0.15, -0.1) is 24.0 Å². The van der Waals surface area contributed by atoms with Gasteiger partial charge in [-0.05, 0) is 49.6 Å². The number of pyridine rings is 1. The smallest absolute Gasteiger partial charge is 0.227 e. The standard InChI is InChI=1S/C21H27N5O.HI/c1-3-22-21(25-15-19-16(2)6-4-12-23-19)24-14-17-8-10-18(11-9-17)26-13-5-7-20(26)27;/h4,6,8-12H,3,5,7,13-15H2,1-2H3,(H2,22,24,25);1H. The molecule has 0 aliphatic carbocycles. The van der Waals surface area contributed by atoms with E-state index in [1.165, 1.54) is 0 Å². The molecule has 0 radical (unpaired) electrons. The number of aliphatic imine (C=N–C) groups is 1. The van der Waals surface area contributed by atoms with Crippen LogP contribution in [0.15, 0.2) is 47.6 Å². The average Bonchev–Trinajstić information content (AvgIpc) is 3.11. The van der Waals surface area contributed by atoms with Crippen molar-refractivity contribution in [2.24, 2.45) is 4.99 Å². The third-order valence-electron chi connectivity index (χ3n) is 4.63. The first kappa shape index (κ1) is 22.1. The van der Waals surface area contributed by atoms with E-state index < -0.39 is 0 Å². The number of aromatic nitrogens is 1. The normalized spacial score (nSPS) is 14.0. The Labute approximate surface area is 183 Å². The molecule has 0 saturated carbocycles. The van der Waals surface area contributed by atoms with E-state index in [0.29, 0.717) is 19.5 Å². The second-order valence-corrected chi connectivity index (χ2v) is 6.63. The SMILES string of the molecule is CCNC(=NCc1ccc(N2CCCC2=O)cc1)NCc1ncccc1C.I. The quantitative estimate of drug-likeness (QED) is 0.368. The highest BCUT2D eigenvalue weighted by molar-refractivity contribution is 14.0. The van der Waals surface area contributed by atoms with Gasteiger partial charge in [-0.25, -0.2) is 4.99 Å². The van der Waals surface area contributed by atoms with Crippen molar-refractivity contribution in [1.82, 2.24) is 15.6 Å². The fraction of sp³-hybridized carbons (Fsp3) is 0.381. The van der Waals surface area contributed by atoms with Crippen LogP contribution < -0.4 is 15.5 Å². The Balaban J connectivity index is 0.00000280. The van der Waals surface area contributed by atoms with Gasteiger partial charge in [0.25, 0.3) is 0 Å². The molecule has 1 aromatic heterocycles. The summed E-state index contributed by atoms with van der Waals surface area (Å²) in [4.78, 5) is 22.8. The molecule has 150 valence electrons. The summed E-state index contributed by atoms with van der Waals surface area (Å²) in [7, 11) is 0. The second-order valence-electron chi connectivity index (χ2n) is 6.63. The molecule has 0 atom stereocenters. The second kappa shape index (κ2) is 11.0. The first-order valence-electron chi connectivity index (χ1n) is 9.49. The lowest BCUT2D eigenvalue weighted by atomic mass is 10.2. The van der Waals surface area contributed by atoms with Gasteiger partial charge < -0.3 is 15.5 Å². The van der Waals surface area contributed by atoms with Gasteiger partial charge >= 0.3 is 0 Å². The van der Waals surface area contributed by atoms with Crippen LogP contribution in [0, 0.1) is 6.92 Å². The summed E-state index contributed by atoms with van der Waals surface area (Å²) >= 11 is 0. The highest BCUT2D eigenvalue weighted by atomic mass is 127. The molecule has 1 aliphatic rings. The number of carbonyl (C=O) groups is 1. The zero-order chi connectivity index (χ0) is 19.1. The van der Waals surface area contributed by atoms with Gasteiger partial charge in [-0.3, -0.25) is 9.78 Å². The van der Waals surface area contributed by atoms with Crippen LogP contribution in [0.5, 0.6) is 0 Å². The van der Waals surface area contributed by atoms with Crippen LogP contribution in [-0.2, 0) is 17.9 Å². The lowest BCUT2D eigenvalue weighted by Crippen LogP contribution is -2.37. The van der Waals surface area contributed by atoms with Crippen LogP contribution >= 0.6 is 24.0 Å². The van der Waals surface area contributed by atoms with Crippen molar-refractivity contribution in [3.05, 3.63) is 59.4 Å². The minimum Gasteiger partial charge on any atom is -0.357 e. The van der Waals surface area contributed by atoms with Gasteiger partial charge in [0.1, 0.15) is 0 Å². The molecule has 2 heterocycles. The molecule has 1 saturated heterocycles. The van der Waals surface area contributed by atoms with Crippen molar-refractivity contribution in [3.8, 4) is 0 Å². The number of nitrogens with one attached hydrogen (secondary N) is 2. The molecule has 1 aliphatic heterocycles. The van der Waals surface area contributed by atoms with Crippen LogP contribution in [0.1, 0.15) is 36.6 Å². The van der Waals surface area contributed by atoms with Crippen molar-refractivity contribution in [2.75, 3.05) is 18.0 Å². The van der Waals surface area contributed by atoms with Crippen LogP contribution in [0.25, 0.3) is 0 Å². The molecule has 1 amide bonds. The van der Waals surface area contributed by atoms with Crippen LogP contribution in [0.4, 0.5) is 5.69 Å². The third kappa shape index (κ3) is 5.92. The molecular formula is C21H28IN5O. The highest BCUT2D eigenvalue weighted by Crippen LogP contribution is 2.21. The zero-order valence-electron chi connectivity index (χ0n) is 16.4. The maximum absolute atomic E-state index is 11.8.